The monoisotopic (exact) mass is 448 g/mol. The highest BCUT2D eigenvalue weighted by atomic mass is 16.5. The van der Waals surface area contributed by atoms with Crippen molar-refractivity contribution in [2.45, 2.75) is 57.3 Å². The van der Waals surface area contributed by atoms with Gasteiger partial charge in [0.05, 0.1) is 13.0 Å². The molecule has 1 atom stereocenters. The zero-order valence-electron chi connectivity index (χ0n) is 18.5. The molecule has 2 aliphatic rings. The van der Waals surface area contributed by atoms with Crippen LogP contribution in [0.1, 0.15) is 59.3 Å². The van der Waals surface area contributed by atoms with Crippen molar-refractivity contribution < 1.29 is 19.2 Å². The summed E-state index contributed by atoms with van der Waals surface area (Å²) in [6.45, 7) is 1.66. The molecule has 0 aliphatic carbocycles. The van der Waals surface area contributed by atoms with E-state index in [1.165, 1.54) is 5.56 Å². The van der Waals surface area contributed by atoms with Crippen molar-refractivity contribution >= 4 is 11.8 Å². The van der Waals surface area contributed by atoms with E-state index in [1.54, 1.807) is 0 Å². The van der Waals surface area contributed by atoms with E-state index in [1.807, 2.05) is 18.2 Å². The Balaban J connectivity index is 1.19. The number of anilines is 1. The Hall–Kier alpha value is -3.42. The second-order valence-corrected chi connectivity index (χ2v) is 8.76. The quantitative estimate of drug-likeness (QED) is 0.509. The van der Waals surface area contributed by atoms with Gasteiger partial charge in [-0.05, 0) is 54.5 Å². The van der Waals surface area contributed by atoms with Gasteiger partial charge in [0.15, 0.2) is 5.82 Å². The molecule has 0 saturated carbocycles. The molecule has 2 aromatic heterocycles. The molecule has 172 valence electrons. The lowest BCUT2D eigenvalue weighted by Gasteiger charge is -2.17. The highest BCUT2D eigenvalue weighted by Crippen LogP contribution is 2.32. The number of aryl methyl sites for hydroxylation is 3. The molecule has 0 amide bonds. The Morgan fingerprint density at radius 2 is 2.03 bits per heavy atom. The Bertz CT molecular complexity index is 1140. The van der Waals surface area contributed by atoms with Crippen LogP contribution in [-0.2, 0) is 36.9 Å². The van der Waals surface area contributed by atoms with E-state index in [2.05, 4.69) is 27.6 Å². The highest BCUT2D eigenvalue weighted by molar-refractivity contribution is 5.68. The van der Waals surface area contributed by atoms with Gasteiger partial charge in [0.1, 0.15) is 11.6 Å². The minimum atomic E-state index is -0.854. The molecule has 0 fully saturated rings. The van der Waals surface area contributed by atoms with Crippen LogP contribution in [0.25, 0.3) is 0 Å². The molecule has 8 nitrogen and oxygen atoms in total. The van der Waals surface area contributed by atoms with Gasteiger partial charge in [-0.25, -0.2) is 4.98 Å². The summed E-state index contributed by atoms with van der Waals surface area (Å²) in [5, 5.41) is 16.9. The first-order valence-electron chi connectivity index (χ1n) is 11.7. The van der Waals surface area contributed by atoms with Crippen LogP contribution < -0.4 is 10.1 Å². The normalized spacial score (nSPS) is 15.3. The average Bonchev–Trinajstić information content (AvgIpc) is 3.47. The number of carboxylic acid groups (broad SMARTS) is 1. The van der Waals surface area contributed by atoms with Gasteiger partial charge in [-0.15, -0.1) is 0 Å². The van der Waals surface area contributed by atoms with E-state index in [-0.39, 0.29) is 12.3 Å². The van der Waals surface area contributed by atoms with Crippen molar-refractivity contribution in [2.24, 2.45) is 0 Å². The van der Waals surface area contributed by atoms with Crippen molar-refractivity contribution in [1.82, 2.24) is 15.1 Å². The predicted molar refractivity (Wildman–Crippen MR) is 122 cm³/mol. The maximum Gasteiger partial charge on any atom is 0.303 e. The lowest BCUT2D eigenvalue weighted by atomic mass is 9.91. The molecular weight excluding hydrogens is 420 g/mol. The van der Waals surface area contributed by atoms with E-state index < -0.39 is 5.97 Å². The summed E-state index contributed by atoms with van der Waals surface area (Å²) < 4.78 is 11.1. The number of nitrogens with zero attached hydrogens (tertiary/aromatic N) is 3. The molecule has 2 N–H and O–H groups in total. The number of aromatic nitrogens is 3. The van der Waals surface area contributed by atoms with Crippen LogP contribution in [0.5, 0.6) is 5.75 Å². The second-order valence-electron chi connectivity index (χ2n) is 8.76. The Morgan fingerprint density at radius 3 is 2.94 bits per heavy atom. The topological polar surface area (TPSA) is 110 Å². The molecule has 0 saturated heterocycles. The molecule has 1 unspecified atom stereocenters. The molecule has 2 aliphatic heterocycles. The number of carbonyl (C=O) groups is 1. The number of nitrogens with one attached hydrogen (secondary N) is 1. The number of benzene rings is 1. The molecule has 0 spiro atoms. The summed E-state index contributed by atoms with van der Waals surface area (Å²) in [7, 11) is 0. The number of ether oxygens (including phenoxy) is 1. The third-order valence-electron chi connectivity index (χ3n) is 6.33. The van der Waals surface area contributed by atoms with E-state index in [0.717, 1.165) is 67.0 Å². The van der Waals surface area contributed by atoms with Gasteiger partial charge in [-0.3, -0.25) is 4.79 Å². The Labute approximate surface area is 192 Å². The van der Waals surface area contributed by atoms with Crippen molar-refractivity contribution in [1.29, 1.82) is 0 Å². The van der Waals surface area contributed by atoms with Gasteiger partial charge >= 0.3 is 5.97 Å². The first kappa shape index (κ1) is 21.4. The average molecular weight is 449 g/mol. The number of hydrogen-bond donors (Lipinski definition) is 2. The summed E-state index contributed by atoms with van der Waals surface area (Å²) in [6.07, 6.45) is 5.91. The van der Waals surface area contributed by atoms with Gasteiger partial charge in [-0.1, -0.05) is 23.4 Å². The molecule has 0 bridgehead atoms. The summed E-state index contributed by atoms with van der Waals surface area (Å²) >= 11 is 0. The Kier molecular flexibility index (Phi) is 6.24. The molecule has 1 aromatic carbocycles. The summed E-state index contributed by atoms with van der Waals surface area (Å²) in [4.78, 5) is 20.7. The molecule has 4 heterocycles. The van der Waals surface area contributed by atoms with Crippen LogP contribution >= 0.6 is 0 Å². The van der Waals surface area contributed by atoms with Crippen LogP contribution in [0.15, 0.2) is 34.9 Å². The van der Waals surface area contributed by atoms with Gasteiger partial charge in [0.2, 0.25) is 5.89 Å². The van der Waals surface area contributed by atoms with Gasteiger partial charge in [0, 0.05) is 37.4 Å². The third kappa shape index (κ3) is 5.16. The number of fused-ring (bicyclic) bond motifs is 2. The first-order valence-corrected chi connectivity index (χ1v) is 11.7. The smallest absolute Gasteiger partial charge is 0.303 e. The summed E-state index contributed by atoms with van der Waals surface area (Å²) in [5.74, 6) is 1.87. The third-order valence-corrected chi connectivity index (χ3v) is 6.33. The number of carboxylic acids is 1. The molecule has 8 heteroatoms. The largest absolute Gasteiger partial charge is 0.493 e. The van der Waals surface area contributed by atoms with Gasteiger partial charge < -0.3 is 19.7 Å². The van der Waals surface area contributed by atoms with Crippen LogP contribution in [-0.4, -0.2) is 39.4 Å². The first-order chi connectivity index (χ1) is 16.1. The fourth-order valence-electron chi connectivity index (χ4n) is 4.58. The minimum absolute atomic E-state index is 0.00542. The zero-order valence-corrected chi connectivity index (χ0v) is 18.5. The molecule has 0 radical (unpaired) electrons. The summed E-state index contributed by atoms with van der Waals surface area (Å²) in [5.41, 5.74) is 4.44. The van der Waals surface area contributed by atoms with Crippen molar-refractivity contribution in [3.05, 3.63) is 64.4 Å². The molecule has 33 heavy (non-hydrogen) atoms. The fraction of sp³-hybridized carbons (Fsp3) is 0.440. The van der Waals surface area contributed by atoms with E-state index in [9.17, 15) is 9.90 Å². The molecule has 3 aromatic rings. The maximum atomic E-state index is 11.5. The summed E-state index contributed by atoms with van der Waals surface area (Å²) in [6, 6.07) is 10.2. The lowest BCUT2D eigenvalue weighted by Crippen LogP contribution is -2.14. The maximum absolute atomic E-state index is 11.5. The van der Waals surface area contributed by atoms with Gasteiger partial charge in [0.25, 0.3) is 0 Å². The van der Waals surface area contributed by atoms with Crippen molar-refractivity contribution in [2.75, 3.05) is 18.5 Å². The fourth-order valence-corrected chi connectivity index (χ4v) is 4.58. The van der Waals surface area contributed by atoms with Crippen LogP contribution in [0.3, 0.4) is 0 Å². The highest BCUT2D eigenvalue weighted by Gasteiger charge is 2.22. The lowest BCUT2D eigenvalue weighted by molar-refractivity contribution is -0.137. The second kappa shape index (κ2) is 9.60. The van der Waals surface area contributed by atoms with E-state index in [0.29, 0.717) is 31.2 Å². The van der Waals surface area contributed by atoms with Crippen molar-refractivity contribution in [3.63, 3.8) is 0 Å². The standard InChI is InChI=1S/C25H28N4O4/c30-24(31)15-19(18-7-6-16-10-12-32-21(16)13-18)14-23-28-22(29-33-23)5-1-4-20-9-8-17-3-2-11-26-25(17)27-20/h6-9,13,19H,1-5,10-12,14-15H2,(H,26,27)(H,30,31). The van der Waals surface area contributed by atoms with Gasteiger partial charge in [-0.2, -0.15) is 4.98 Å². The minimum Gasteiger partial charge on any atom is -0.493 e. The van der Waals surface area contributed by atoms with E-state index >= 15 is 0 Å². The zero-order chi connectivity index (χ0) is 22.6. The number of rotatable bonds is 9. The number of aliphatic carboxylic acids is 1. The number of pyridine rings is 1. The Morgan fingerprint density at radius 1 is 1.12 bits per heavy atom. The van der Waals surface area contributed by atoms with Crippen LogP contribution in [0.4, 0.5) is 5.82 Å². The molecule has 5 rings (SSSR count). The SMILES string of the molecule is O=C(O)CC(Cc1nc(CCCc2ccc3c(n2)NCCC3)no1)c1ccc2c(c1)OCC2. The van der Waals surface area contributed by atoms with Crippen molar-refractivity contribution in [3.8, 4) is 5.75 Å². The number of hydrogen-bond acceptors (Lipinski definition) is 7. The van der Waals surface area contributed by atoms with Crippen LogP contribution in [0.2, 0.25) is 0 Å². The van der Waals surface area contributed by atoms with E-state index in [4.69, 9.17) is 14.2 Å². The van der Waals surface area contributed by atoms with Crippen LogP contribution in [0, 0.1) is 0 Å². The molecular formula is C25H28N4O4. The predicted octanol–water partition coefficient (Wildman–Crippen LogP) is 3.73.